The molecule has 7 heteroatoms. The van der Waals surface area contributed by atoms with Crippen molar-refractivity contribution in [3.8, 4) is 0 Å². The van der Waals surface area contributed by atoms with Gasteiger partial charge in [-0.2, -0.15) is 0 Å². The van der Waals surface area contributed by atoms with Gasteiger partial charge in [0, 0.05) is 25.2 Å². The highest BCUT2D eigenvalue weighted by Crippen LogP contribution is 2.40. The topological polar surface area (TPSA) is 72.9 Å². The first-order valence-electron chi connectivity index (χ1n) is 11.0. The van der Waals surface area contributed by atoms with Crippen LogP contribution in [0.3, 0.4) is 0 Å². The summed E-state index contributed by atoms with van der Waals surface area (Å²) in [5.74, 6) is 0.698. The number of hydrogen-bond donors (Lipinski definition) is 2. The van der Waals surface area contributed by atoms with Crippen molar-refractivity contribution < 1.29 is 4.79 Å². The van der Waals surface area contributed by atoms with E-state index < -0.39 is 6.04 Å². The predicted octanol–water partition coefficient (Wildman–Crippen LogP) is 4.76. The molecule has 0 bridgehead atoms. The second kappa shape index (κ2) is 12.5. The third-order valence-electron chi connectivity index (χ3n) is 6.75. The van der Waals surface area contributed by atoms with E-state index in [4.69, 9.17) is 5.73 Å². The van der Waals surface area contributed by atoms with Gasteiger partial charge in [-0.1, -0.05) is 57.5 Å². The van der Waals surface area contributed by atoms with Crippen molar-refractivity contribution in [1.29, 1.82) is 0 Å². The summed E-state index contributed by atoms with van der Waals surface area (Å²) in [6, 6.07) is 9.96. The molecule has 31 heavy (non-hydrogen) atoms. The van der Waals surface area contributed by atoms with E-state index in [0.29, 0.717) is 11.8 Å². The summed E-state index contributed by atoms with van der Waals surface area (Å²) in [4.78, 5) is 17.0. The minimum Gasteiger partial charge on any atom is -0.352 e. The van der Waals surface area contributed by atoms with Gasteiger partial charge in [-0.25, -0.2) is 4.98 Å². The van der Waals surface area contributed by atoms with Crippen LogP contribution in [0.25, 0.3) is 0 Å². The van der Waals surface area contributed by atoms with Gasteiger partial charge in [-0.05, 0) is 42.6 Å². The number of nitrogens with one attached hydrogen (secondary N) is 1. The first-order valence-corrected chi connectivity index (χ1v) is 11.0. The number of aromatic nitrogens is 2. The molecule has 1 aromatic heterocycles. The number of hydrogen-bond acceptors (Lipinski definition) is 3. The molecule has 1 aliphatic rings. The van der Waals surface area contributed by atoms with E-state index in [9.17, 15) is 4.79 Å². The zero-order valence-corrected chi connectivity index (χ0v) is 20.6. The normalized spacial score (nSPS) is 19.6. The molecule has 1 saturated carbocycles. The quantitative estimate of drug-likeness (QED) is 0.586. The predicted molar refractivity (Wildman–Crippen MR) is 132 cm³/mol. The number of imidazole rings is 1. The Morgan fingerprint density at radius 3 is 2.45 bits per heavy atom. The van der Waals surface area contributed by atoms with Crippen molar-refractivity contribution in [2.75, 3.05) is 0 Å². The molecule has 0 aliphatic heterocycles. The fraction of sp³-hybridized carbons (Fsp3) is 0.583. The molecule has 2 aromatic rings. The minimum atomic E-state index is -0.556. The average molecular weight is 470 g/mol. The van der Waals surface area contributed by atoms with Crippen LogP contribution in [0.4, 0.5) is 0 Å². The number of nitrogens with zero attached hydrogens (tertiary/aromatic N) is 2. The maximum atomic E-state index is 12.6. The number of carbonyl (C=O) groups is 1. The van der Waals surface area contributed by atoms with E-state index in [1.54, 1.807) is 0 Å². The molecule has 174 valence electrons. The highest BCUT2D eigenvalue weighted by Gasteiger charge is 2.32. The summed E-state index contributed by atoms with van der Waals surface area (Å²) in [6.07, 6.45) is 9.94. The van der Waals surface area contributed by atoms with Gasteiger partial charge in [-0.15, -0.1) is 24.8 Å². The fourth-order valence-corrected chi connectivity index (χ4v) is 4.33. The number of amides is 1. The second-order valence-electron chi connectivity index (χ2n) is 9.23. The molecule has 0 spiro atoms. The number of benzene rings is 1. The molecule has 1 amide bonds. The van der Waals surface area contributed by atoms with Crippen LogP contribution in [0.1, 0.15) is 64.1 Å². The van der Waals surface area contributed by atoms with Crippen molar-refractivity contribution in [2.24, 2.45) is 17.1 Å². The van der Waals surface area contributed by atoms with Gasteiger partial charge in [-0.3, -0.25) is 4.79 Å². The van der Waals surface area contributed by atoms with Gasteiger partial charge >= 0.3 is 0 Å². The van der Waals surface area contributed by atoms with E-state index in [0.717, 1.165) is 31.0 Å². The van der Waals surface area contributed by atoms with Crippen LogP contribution in [0.2, 0.25) is 0 Å². The summed E-state index contributed by atoms with van der Waals surface area (Å²) >= 11 is 0. The third kappa shape index (κ3) is 7.81. The van der Waals surface area contributed by atoms with Crippen LogP contribution in [0.15, 0.2) is 42.9 Å². The molecule has 0 unspecified atom stereocenters. The van der Waals surface area contributed by atoms with E-state index in [1.807, 2.05) is 35.3 Å². The lowest BCUT2D eigenvalue weighted by Crippen LogP contribution is -2.48. The Balaban J connectivity index is 0.00000240. The fourth-order valence-electron chi connectivity index (χ4n) is 4.33. The molecule has 3 N–H and O–H groups in total. The monoisotopic (exact) mass is 468 g/mol. The van der Waals surface area contributed by atoms with Crippen molar-refractivity contribution in [2.45, 2.75) is 77.9 Å². The summed E-state index contributed by atoms with van der Waals surface area (Å²) in [6.45, 7) is 7.77. The molecule has 1 fully saturated rings. The minimum absolute atomic E-state index is 0. The zero-order chi connectivity index (χ0) is 20.9. The van der Waals surface area contributed by atoms with Gasteiger partial charge in [0.25, 0.3) is 0 Å². The highest BCUT2D eigenvalue weighted by molar-refractivity contribution is 5.85. The molecule has 1 aromatic carbocycles. The molecule has 0 radical (unpaired) electrons. The van der Waals surface area contributed by atoms with E-state index in [-0.39, 0.29) is 36.8 Å². The zero-order valence-electron chi connectivity index (χ0n) is 18.9. The van der Waals surface area contributed by atoms with Crippen LogP contribution in [-0.4, -0.2) is 27.5 Å². The Hall–Kier alpha value is -1.56. The van der Waals surface area contributed by atoms with Crippen molar-refractivity contribution >= 4 is 30.7 Å². The van der Waals surface area contributed by atoms with E-state index in [2.05, 4.69) is 43.2 Å². The van der Waals surface area contributed by atoms with Crippen molar-refractivity contribution in [3.63, 3.8) is 0 Å². The summed E-state index contributed by atoms with van der Waals surface area (Å²) in [5.41, 5.74) is 8.66. The van der Waals surface area contributed by atoms with Crippen LogP contribution < -0.4 is 11.1 Å². The van der Waals surface area contributed by atoms with E-state index >= 15 is 0 Å². The van der Waals surface area contributed by atoms with Gasteiger partial charge in [0.2, 0.25) is 5.91 Å². The molecule has 1 heterocycles. The first-order chi connectivity index (χ1) is 13.9. The Bertz CT molecular complexity index is 786. The molecule has 0 saturated heterocycles. The van der Waals surface area contributed by atoms with Gasteiger partial charge in [0.1, 0.15) is 0 Å². The summed E-state index contributed by atoms with van der Waals surface area (Å²) in [5, 5.41) is 3.18. The lowest BCUT2D eigenvalue weighted by molar-refractivity contribution is -0.123. The van der Waals surface area contributed by atoms with Crippen LogP contribution in [0, 0.1) is 11.3 Å². The average Bonchev–Trinajstić information content (AvgIpc) is 3.15. The molecular formula is C24H38Cl2N4O. The Morgan fingerprint density at radius 1 is 1.19 bits per heavy atom. The van der Waals surface area contributed by atoms with Crippen molar-refractivity contribution in [3.05, 3.63) is 54.1 Å². The summed E-state index contributed by atoms with van der Waals surface area (Å²) < 4.78 is 2.03. The van der Waals surface area contributed by atoms with Gasteiger partial charge in [0.15, 0.2) is 0 Å². The third-order valence-corrected chi connectivity index (χ3v) is 6.75. The highest BCUT2D eigenvalue weighted by atomic mass is 35.5. The molecule has 1 atom stereocenters. The van der Waals surface area contributed by atoms with E-state index in [1.165, 1.54) is 24.8 Å². The number of halogens is 2. The molecule has 5 nitrogen and oxygen atoms in total. The lowest BCUT2D eigenvalue weighted by Gasteiger charge is -2.39. The first kappa shape index (κ1) is 27.5. The van der Waals surface area contributed by atoms with Crippen LogP contribution in [-0.2, 0) is 17.8 Å². The Kier molecular flexibility index (Phi) is 11.1. The Labute approximate surface area is 199 Å². The largest absolute Gasteiger partial charge is 0.352 e. The Morgan fingerprint density at radius 2 is 1.84 bits per heavy atom. The maximum Gasteiger partial charge on any atom is 0.237 e. The smallest absolute Gasteiger partial charge is 0.237 e. The van der Waals surface area contributed by atoms with Crippen molar-refractivity contribution in [1.82, 2.24) is 14.9 Å². The molecule has 3 rings (SSSR count). The summed E-state index contributed by atoms with van der Waals surface area (Å²) in [7, 11) is 0. The van der Waals surface area contributed by atoms with Crippen LogP contribution in [0.5, 0.6) is 0 Å². The second-order valence-corrected chi connectivity index (χ2v) is 9.23. The lowest BCUT2D eigenvalue weighted by atomic mass is 9.69. The molecular weight excluding hydrogens is 431 g/mol. The molecule has 1 aliphatic carbocycles. The number of rotatable bonds is 8. The number of carbonyl (C=O) groups excluding carboxylic acids is 1. The standard InChI is InChI=1S/C24H36N4O.2ClH/c1-4-24(2,3)19-10-12-20(13-11-19)27-23(29)22(25)14-21-16-28(17-26-21)15-18-8-6-5-7-9-18;;/h5-9,16-17,19-20,22H,4,10-15,25H2,1-3H3,(H,27,29);2*1H/t19?,20?,22-;;/m0../s1. The SMILES string of the molecule is CCC(C)(C)C1CCC(NC(=O)[C@@H](N)Cc2cn(Cc3ccccc3)cn2)CC1.Cl.Cl. The maximum absolute atomic E-state index is 12.6. The van der Waals surface area contributed by atoms with Gasteiger partial charge in [0.05, 0.1) is 18.1 Å². The number of nitrogens with two attached hydrogens (primary N) is 1. The van der Waals surface area contributed by atoms with Crippen LogP contribution >= 0.6 is 24.8 Å². The van der Waals surface area contributed by atoms with Gasteiger partial charge < -0.3 is 15.6 Å².